The maximum Gasteiger partial charge on any atom is 0.0653 e. The van der Waals surface area contributed by atoms with E-state index in [1.807, 2.05) is 11.3 Å². The number of H-pyrrole nitrogens is 1. The van der Waals surface area contributed by atoms with Crippen LogP contribution in [0.1, 0.15) is 0 Å². The molecule has 0 saturated carbocycles. The molecule has 0 spiro atoms. The maximum absolute atomic E-state index is 3.95. The van der Waals surface area contributed by atoms with Crippen molar-refractivity contribution in [3.8, 4) is 33.4 Å². The zero-order chi connectivity index (χ0) is 32.8. The van der Waals surface area contributed by atoms with E-state index in [0.717, 1.165) is 0 Å². The SMILES string of the molecule is c1ccc(-c2ccc3c(ccc4[nH]c5c6sc7c8cc(-c9ccccc9)ccc8ccc7c6c6cc(-c7ccccc7)ccc6c5c43)c2)cc1. The predicted molar refractivity (Wildman–Crippen MR) is 218 cm³/mol. The Morgan fingerprint density at radius 3 is 1.54 bits per heavy atom. The first kappa shape index (κ1) is 27.7. The van der Waals surface area contributed by atoms with Crippen molar-refractivity contribution >= 4 is 85.6 Å². The molecule has 11 aromatic rings. The third-order valence-corrected chi connectivity index (χ3v) is 11.8. The van der Waals surface area contributed by atoms with Gasteiger partial charge in [0.25, 0.3) is 0 Å². The van der Waals surface area contributed by atoms with Crippen LogP contribution >= 0.6 is 11.3 Å². The van der Waals surface area contributed by atoms with Crippen molar-refractivity contribution in [3.63, 3.8) is 0 Å². The minimum Gasteiger partial charge on any atom is -0.353 e. The molecule has 2 heteroatoms. The largest absolute Gasteiger partial charge is 0.353 e. The molecule has 0 saturated heterocycles. The average Bonchev–Trinajstić information content (AvgIpc) is 3.79. The fraction of sp³-hybridized carbons (Fsp3) is 0. The summed E-state index contributed by atoms with van der Waals surface area (Å²) in [5.41, 5.74) is 9.84. The molecule has 11 rings (SSSR count). The number of benzene rings is 9. The Hall–Kier alpha value is -6.22. The van der Waals surface area contributed by atoms with Crippen molar-refractivity contribution in [1.82, 2.24) is 4.98 Å². The second-order valence-electron chi connectivity index (χ2n) is 13.3. The molecule has 232 valence electrons. The number of thiophene rings is 1. The summed E-state index contributed by atoms with van der Waals surface area (Å²) in [7, 11) is 0. The van der Waals surface area contributed by atoms with Crippen LogP contribution in [0.3, 0.4) is 0 Å². The molecule has 2 aromatic heterocycles. The van der Waals surface area contributed by atoms with E-state index in [-0.39, 0.29) is 0 Å². The fourth-order valence-electron chi connectivity index (χ4n) is 8.18. The Morgan fingerprint density at radius 1 is 0.320 bits per heavy atom. The topological polar surface area (TPSA) is 15.8 Å². The summed E-state index contributed by atoms with van der Waals surface area (Å²) >= 11 is 1.93. The van der Waals surface area contributed by atoms with Crippen LogP contribution in [-0.4, -0.2) is 4.98 Å². The van der Waals surface area contributed by atoms with Crippen molar-refractivity contribution in [2.75, 3.05) is 0 Å². The summed E-state index contributed by atoms with van der Waals surface area (Å²) in [6.07, 6.45) is 0. The molecule has 50 heavy (non-hydrogen) atoms. The number of rotatable bonds is 3. The van der Waals surface area contributed by atoms with Gasteiger partial charge in [-0.2, -0.15) is 0 Å². The fourth-order valence-corrected chi connectivity index (χ4v) is 9.53. The molecule has 0 bridgehead atoms. The highest BCUT2D eigenvalue weighted by atomic mass is 32.1. The summed E-state index contributed by atoms with van der Waals surface area (Å²) < 4.78 is 2.65. The van der Waals surface area contributed by atoms with Gasteiger partial charge in [-0.3, -0.25) is 0 Å². The zero-order valence-corrected chi connectivity index (χ0v) is 27.9. The summed E-state index contributed by atoms with van der Waals surface area (Å²) in [6.45, 7) is 0. The quantitative estimate of drug-likeness (QED) is 0.196. The number of aromatic amines is 1. The molecular formula is C48H29NS. The molecule has 0 aliphatic heterocycles. The third-order valence-electron chi connectivity index (χ3n) is 10.6. The van der Waals surface area contributed by atoms with Crippen molar-refractivity contribution in [1.29, 1.82) is 0 Å². The van der Waals surface area contributed by atoms with Gasteiger partial charge >= 0.3 is 0 Å². The summed E-state index contributed by atoms with van der Waals surface area (Å²) in [5, 5.41) is 13.0. The lowest BCUT2D eigenvalue weighted by atomic mass is 9.93. The molecule has 0 fully saturated rings. The molecule has 0 atom stereocenters. The van der Waals surface area contributed by atoms with Gasteiger partial charge in [0.2, 0.25) is 0 Å². The first-order chi connectivity index (χ1) is 24.8. The van der Waals surface area contributed by atoms with E-state index in [9.17, 15) is 0 Å². The summed E-state index contributed by atoms with van der Waals surface area (Å²) in [5.74, 6) is 0. The predicted octanol–water partition coefficient (Wildman–Crippen LogP) is 14.1. The monoisotopic (exact) mass is 651 g/mol. The Labute approximate surface area is 292 Å². The number of nitrogens with one attached hydrogen (secondary N) is 1. The van der Waals surface area contributed by atoms with Gasteiger partial charge in [-0.15, -0.1) is 11.3 Å². The molecule has 2 heterocycles. The van der Waals surface area contributed by atoms with Gasteiger partial charge in [0.05, 0.1) is 10.2 Å². The van der Waals surface area contributed by atoms with Crippen molar-refractivity contribution in [2.45, 2.75) is 0 Å². The van der Waals surface area contributed by atoms with Crippen LogP contribution in [-0.2, 0) is 0 Å². The average molecular weight is 652 g/mol. The van der Waals surface area contributed by atoms with Crippen LogP contribution in [0.25, 0.3) is 108 Å². The Balaban J connectivity index is 1.28. The second-order valence-corrected chi connectivity index (χ2v) is 14.4. The second kappa shape index (κ2) is 10.6. The van der Waals surface area contributed by atoms with Crippen LogP contribution in [0.15, 0.2) is 170 Å². The standard InChI is InChI=1S/C48H29NS/c1-4-10-29(11-5-1)33-19-22-37-36(26-33)21-25-42-44(37)45-38-23-20-35(31-14-8-3-9-15-31)28-41(38)43-39-24-18-32-16-17-34(30-12-6-2-7-13-30)27-40(32)47(39)50-48(43)46(45)49-42/h1-28,49H. The number of hydrogen-bond donors (Lipinski definition) is 1. The molecule has 0 radical (unpaired) electrons. The third kappa shape index (κ3) is 4.06. The van der Waals surface area contributed by atoms with Gasteiger partial charge in [0.15, 0.2) is 0 Å². The van der Waals surface area contributed by atoms with Crippen LogP contribution in [0.2, 0.25) is 0 Å². The van der Waals surface area contributed by atoms with Gasteiger partial charge in [0, 0.05) is 37.1 Å². The van der Waals surface area contributed by atoms with Crippen molar-refractivity contribution < 1.29 is 0 Å². The first-order valence-corrected chi connectivity index (χ1v) is 18.0. The maximum atomic E-state index is 3.95. The van der Waals surface area contributed by atoms with Gasteiger partial charge in [-0.1, -0.05) is 146 Å². The smallest absolute Gasteiger partial charge is 0.0653 e. The first-order valence-electron chi connectivity index (χ1n) is 17.2. The molecule has 1 nitrogen and oxygen atoms in total. The lowest BCUT2D eigenvalue weighted by Crippen LogP contribution is -1.83. The molecule has 1 N–H and O–H groups in total. The van der Waals surface area contributed by atoms with E-state index in [1.165, 1.54) is 108 Å². The van der Waals surface area contributed by atoms with Crippen LogP contribution in [0.4, 0.5) is 0 Å². The van der Waals surface area contributed by atoms with Crippen LogP contribution < -0.4 is 0 Å². The zero-order valence-electron chi connectivity index (χ0n) is 27.1. The molecule has 0 amide bonds. The molecule has 0 aliphatic carbocycles. The summed E-state index contributed by atoms with van der Waals surface area (Å²) in [6, 6.07) is 62.3. The van der Waals surface area contributed by atoms with Gasteiger partial charge in [-0.25, -0.2) is 0 Å². The van der Waals surface area contributed by atoms with E-state index in [0.29, 0.717) is 0 Å². The van der Waals surface area contributed by atoms with Gasteiger partial charge < -0.3 is 4.98 Å². The van der Waals surface area contributed by atoms with E-state index in [1.54, 1.807) is 0 Å². The Morgan fingerprint density at radius 2 is 0.860 bits per heavy atom. The molecule has 0 aliphatic rings. The lowest BCUT2D eigenvalue weighted by Gasteiger charge is -2.10. The van der Waals surface area contributed by atoms with Gasteiger partial charge in [0.1, 0.15) is 0 Å². The number of hydrogen-bond acceptors (Lipinski definition) is 1. The highest BCUT2D eigenvalue weighted by Gasteiger charge is 2.21. The highest BCUT2D eigenvalue weighted by Crippen LogP contribution is 2.49. The molecular weight excluding hydrogens is 623 g/mol. The van der Waals surface area contributed by atoms with Crippen molar-refractivity contribution in [2.24, 2.45) is 0 Å². The van der Waals surface area contributed by atoms with E-state index >= 15 is 0 Å². The Bertz CT molecular complexity index is 3120. The molecule has 0 unspecified atom stereocenters. The normalized spacial score (nSPS) is 12.0. The van der Waals surface area contributed by atoms with Crippen molar-refractivity contribution in [3.05, 3.63) is 170 Å². The number of fused-ring (bicyclic) bond motifs is 14. The van der Waals surface area contributed by atoms with Gasteiger partial charge in [-0.05, 0) is 84.6 Å². The van der Waals surface area contributed by atoms with Crippen LogP contribution in [0, 0.1) is 0 Å². The van der Waals surface area contributed by atoms with E-state index < -0.39 is 0 Å². The summed E-state index contributed by atoms with van der Waals surface area (Å²) in [4.78, 5) is 3.95. The minimum absolute atomic E-state index is 1.18. The minimum atomic E-state index is 1.18. The lowest BCUT2D eigenvalue weighted by molar-refractivity contribution is 1.58. The van der Waals surface area contributed by atoms with Crippen LogP contribution in [0.5, 0.6) is 0 Å². The molecule has 9 aromatic carbocycles. The number of aromatic nitrogens is 1. The van der Waals surface area contributed by atoms with E-state index in [2.05, 4.69) is 175 Å². The Kier molecular flexibility index (Phi) is 5.89. The highest BCUT2D eigenvalue weighted by molar-refractivity contribution is 7.27. The van der Waals surface area contributed by atoms with E-state index in [4.69, 9.17) is 0 Å².